The highest BCUT2D eigenvalue weighted by Crippen LogP contribution is 2.43. The van der Waals surface area contributed by atoms with Crippen molar-refractivity contribution in [3.8, 4) is 0 Å². The highest BCUT2D eigenvalue weighted by molar-refractivity contribution is 7.18. The van der Waals surface area contributed by atoms with Crippen molar-refractivity contribution in [2.45, 2.75) is 32.4 Å². The van der Waals surface area contributed by atoms with E-state index in [-0.39, 0.29) is 40.1 Å². The number of ketones is 2. The number of thiazole rings is 1. The number of hydrogen-bond acceptors (Lipinski definition) is 5. The largest absolute Gasteiger partial charge is 0.506 e. The number of aromatic nitrogens is 1. The molecule has 2 atom stereocenters. The zero-order valence-electron chi connectivity index (χ0n) is 13.7. The summed E-state index contributed by atoms with van der Waals surface area (Å²) in [4.78, 5) is 28.7. The van der Waals surface area contributed by atoms with Crippen molar-refractivity contribution < 1.29 is 27.9 Å². The number of benzene rings is 1. The average Bonchev–Trinajstić information content (AvgIpc) is 3.19. The quantitative estimate of drug-likeness (QED) is 0.450. The Morgan fingerprint density at radius 2 is 1.81 bits per heavy atom. The minimum absolute atomic E-state index is 0.116. The molecule has 2 unspecified atom stereocenters. The summed E-state index contributed by atoms with van der Waals surface area (Å²) in [6.07, 6.45) is -2.77. The molecule has 136 valence electrons. The standard InChI is InChI=1S/C18H14F3NO3S/c1-7-10(4-5-11-13(7)22-17(26-11)18(19,20)21)16(25)12-14(23)8-2-3-9(6-8)15(12)24/h4-5,8-9,25H,2-3,6H2,1H3. The van der Waals surface area contributed by atoms with Crippen LogP contribution in [0.5, 0.6) is 0 Å². The van der Waals surface area contributed by atoms with Crippen LogP contribution < -0.4 is 0 Å². The van der Waals surface area contributed by atoms with Gasteiger partial charge in [-0.3, -0.25) is 9.59 Å². The summed E-state index contributed by atoms with van der Waals surface area (Å²) in [6, 6.07) is 2.86. The van der Waals surface area contributed by atoms with Crippen LogP contribution in [0.15, 0.2) is 17.7 Å². The molecule has 2 aliphatic carbocycles. The Balaban J connectivity index is 1.87. The summed E-state index contributed by atoms with van der Waals surface area (Å²) in [5.74, 6) is -1.69. The van der Waals surface area contributed by atoms with Gasteiger partial charge in [-0.15, -0.1) is 11.3 Å². The number of hydrogen-bond donors (Lipinski definition) is 1. The predicted molar refractivity (Wildman–Crippen MR) is 89.8 cm³/mol. The fraction of sp³-hybridized carbons (Fsp3) is 0.389. The third-order valence-corrected chi connectivity index (χ3v) is 6.28. The van der Waals surface area contributed by atoms with Crippen LogP contribution in [0.2, 0.25) is 0 Å². The maximum absolute atomic E-state index is 12.9. The van der Waals surface area contributed by atoms with Gasteiger partial charge in [0.25, 0.3) is 0 Å². The van der Waals surface area contributed by atoms with E-state index in [0.29, 0.717) is 40.9 Å². The predicted octanol–water partition coefficient (Wildman–Crippen LogP) is 4.46. The number of aliphatic hydroxyl groups is 1. The number of carbonyl (C=O) groups is 2. The number of Topliss-reactive ketones (excluding diaryl/α,β-unsaturated/α-hetero) is 2. The van der Waals surface area contributed by atoms with Gasteiger partial charge in [0.15, 0.2) is 16.6 Å². The van der Waals surface area contributed by atoms with E-state index in [9.17, 15) is 27.9 Å². The van der Waals surface area contributed by atoms with Crippen LogP contribution in [0.3, 0.4) is 0 Å². The molecule has 1 aromatic heterocycles. The van der Waals surface area contributed by atoms with Gasteiger partial charge in [0.05, 0.1) is 10.2 Å². The second-order valence-electron chi connectivity index (χ2n) is 6.76. The van der Waals surface area contributed by atoms with E-state index < -0.39 is 16.9 Å². The molecule has 1 aromatic carbocycles. The van der Waals surface area contributed by atoms with Crippen molar-refractivity contribution in [3.63, 3.8) is 0 Å². The summed E-state index contributed by atoms with van der Waals surface area (Å²) in [5, 5.41) is 9.68. The molecule has 26 heavy (non-hydrogen) atoms. The number of carbonyl (C=O) groups excluding carboxylic acids is 2. The molecule has 4 rings (SSSR count). The van der Waals surface area contributed by atoms with E-state index in [1.54, 1.807) is 0 Å². The van der Waals surface area contributed by atoms with Crippen molar-refractivity contribution in [1.82, 2.24) is 4.98 Å². The third kappa shape index (κ3) is 2.46. The summed E-state index contributed by atoms with van der Waals surface area (Å²) in [5.41, 5.74) is 0.399. The molecule has 8 heteroatoms. The fourth-order valence-corrected chi connectivity index (χ4v) is 4.75. The van der Waals surface area contributed by atoms with Crippen LogP contribution in [0.1, 0.15) is 35.4 Å². The van der Waals surface area contributed by atoms with E-state index in [1.165, 1.54) is 19.1 Å². The lowest BCUT2D eigenvalue weighted by Crippen LogP contribution is -2.30. The second kappa shape index (κ2) is 5.64. The van der Waals surface area contributed by atoms with Crippen LogP contribution >= 0.6 is 11.3 Å². The van der Waals surface area contributed by atoms with Crippen LogP contribution in [0.25, 0.3) is 16.0 Å². The van der Waals surface area contributed by atoms with Crippen molar-refractivity contribution in [2.75, 3.05) is 0 Å². The van der Waals surface area contributed by atoms with Gasteiger partial charge < -0.3 is 5.11 Å². The molecule has 4 nitrogen and oxygen atoms in total. The minimum Gasteiger partial charge on any atom is -0.506 e. The Labute approximate surface area is 150 Å². The number of alkyl halides is 3. The average molecular weight is 381 g/mol. The number of fused-ring (bicyclic) bond motifs is 3. The van der Waals surface area contributed by atoms with E-state index in [4.69, 9.17) is 0 Å². The number of allylic oxidation sites excluding steroid dienone is 1. The number of rotatable bonds is 1. The first kappa shape index (κ1) is 17.2. The molecule has 0 amide bonds. The van der Waals surface area contributed by atoms with Crippen molar-refractivity contribution >= 4 is 38.9 Å². The number of aryl methyl sites for hydroxylation is 1. The normalized spacial score (nSPS) is 23.2. The topological polar surface area (TPSA) is 67.3 Å². The molecule has 1 N–H and O–H groups in total. The zero-order valence-corrected chi connectivity index (χ0v) is 14.5. The molecule has 0 spiro atoms. The first-order chi connectivity index (χ1) is 12.2. The van der Waals surface area contributed by atoms with Crippen molar-refractivity contribution in [1.29, 1.82) is 0 Å². The van der Waals surface area contributed by atoms with E-state index in [0.717, 1.165) is 0 Å². The SMILES string of the molecule is Cc1c(C(O)=C2C(=O)C3CCC(C3)C2=O)ccc2sc(C(F)(F)F)nc12. The number of halogens is 3. The highest BCUT2D eigenvalue weighted by atomic mass is 32.1. The summed E-state index contributed by atoms with van der Waals surface area (Å²) < 4.78 is 39.0. The number of aliphatic hydroxyl groups excluding tert-OH is 1. The van der Waals surface area contributed by atoms with E-state index >= 15 is 0 Å². The van der Waals surface area contributed by atoms with E-state index in [1.807, 2.05) is 0 Å². The Kier molecular flexibility index (Phi) is 3.73. The van der Waals surface area contributed by atoms with Gasteiger partial charge in [0.1, 0.15) is 11.3 Å². The van der Waals surface area contributed by atoms with Gasteiger partial charge in [0, 0.05) is 17.4 Å². The van der Waals surface area contributed by atoms with Gasteiger partial charge in [0.2, 0.25) is 0 Å². The summed E-state index contributed by atoms with van der Waals surface area (Å²) >= 11 is 0.519. The molecule has 2 bridgehead atoms. The van der Waals surface area contributed by atoms with Gasteiger partial charge in [-0.2, -0.15) is 13.2 Å². The first-order valence-corrected chi connectivity index (χ1v) is 8.99. The van der Waals surface area contributed by atoms with Crippen LogP contribution in [0, 0.1) is 18.8 Å². The Bertz CT molecular complexity index is 965. The van der Waals surface area contributed by atoms with Crippen molar-refractivity contribution in [2.24, 2.45) is 11.8 Å². The maximum atomic E-state index is 12.9. The monoisotopic (exact) mass is 381 g/mol. The first-order valence-electron chi connectivity index (χ1n) is 8.18. The van der Waals surface area contributed by atoms with E-state index in [2.05, 4.69) is 4.98 Å². The fourth-order valence-electron chi connectivity index (χ4n) is 3.86. The Hall–Kier alpha value is -2.22. The molecule has 2 fully saturated rings. The molecule has 0 radical (unpaired) electrons. The van der Waals surface area contributed by atoms with Gasteiger partial charge >= 0.3 is 6.18 Å². The van der Waals surface area contributed by atoms with Crippen LogP contribution in [-0.4, -0.2) is 21.7 Å². The lowest BCUT2D eigenvalue weighted by atomic mass is 9.81. The molecule has 2 aromatic rings. The Morgan fingerprint density at radius 3 is 2.38 bits per heavy atom. The molecule has 1 heterocycles. The van der Waals surface area contributed by atoms with Gasteiger partial charge in [-0.05, 0) is 43.9 Å². The molecule has 0 saturated heterocycles. The zero-order chi connectivity index (χ0) is 18.8. The summed E-state index contributed by atoms with van der Waals surface area (Å²) in [7, 11) is 0. The van der Waals surface area contributed by atoms with Gasteiger partial charge in [-0.1, -0.05) is 0 Å². The minimum atomic E-state index is -4.55. The second-order valence-corrected chi connectivity index (χ2v) is 7.79. The lowest BCUT2D eigenvalue weighted by molar-refractivity contribution is -0.137. The van der Waals surface area contributed by atoms with Crippen molar-refractivity contribution in [3.05, 3.63) is 33.8 Å². The smallest absolute Gasteiger partial charge is 0.443 e. The maximum Gasteiger partial charge on any atom is 0.443 e. The Morgan fingerprint density at radius 1 is 1.19 bits per heavy atom. The van der Waals surface area contributed by atoms with Crippen LogP contribution in [0.4, 0.5) is 13.2 Å². The molecular formula is C18H14F3NO3S. The van der Waals surface area contributed by atoms with Crippen LogP contribution in [-0.2, 0) is 15.8 Å². The highest BCUT2D eigenvalue weighted by Gasteiger charge is 2.45. The lowest BCUT2D eigenvalue weighted by Gasteiger charge is -2.21. The molecule has 2 saturated carbocycles. The third-order valence-electron chi connectivity index (χ3n) is 5.22. The molecular weight excluding hydrogens is 367 g/mol. The number of nitrogens with zero attached hydrogens (tertiary/aromatic N) is 1. The summed E-state index contributed by atoms with van der Waals surface area (Å²) in [6.45, 7) is 1.53. The van der Waals surface area contributed by atoms with Gasteiger partial charge in [-0.25, -0.2) is 4.98 Å². The molecule has 0 aliphatic heterocycles. The molecule has 2 aliphatic rings.